The Hall–Kier alpha value is -0.0300. The normalized spacial score (nSPS) is 21.0. The SMILES string of the molecule is OCC1NSc2ccc(Br)cc21. The first-order valence-electron chi connectivity index (χ1n) is 3.64. The number of hydrogen-bond acceptors (Lipinski definition) is 3. The Labute approximate surface area is 83.6 Å². The lowest BCUT2D eigenvalue weighted by Crippen LogP contribution is -2.11. The summed E-state index contributed by atoms with van der Waals surface area (Å²) in [5.41, 5.74) is 1.18. The van der Waals surface area contributed by atoms with E-state index < -0.39 is 0 Å². The maximum absolute atomic E-state index is 9.01. The second kappa shape index (κ2) is 3.38. The Balaban J connectivity index is 2.42. The fourth-order valence-electron chi connectivity index (χ4n) is 1.22. The highest BCUT2D eigenvalue weighted by Crippen LogP contribution is 2.36. The highest BCUT2D eigenvalue weighted by molar-refractivity contribution is 9.10. The van der Waals surface area contributed by atoms with Gasteiger partial charge in [0.15, 0.2) is 0 Å². The standard InChI is InChI=1S/C8H8BrNOS/c9-5-1-2-8-6(3-5)7(4-11)10-12-8/h1-3,7,10-11H,4H2. The van der Waals surface area contributed by atoms with E-state index in [1.807, 2.05) is 18.2 Å². The van der Waals surface area contributed by atoms with E-state index in [0.29, 0.717) is 0 Å². The smallest absolute Gasteiger partial charge is 0.0667 e. The molecule has 0 bridgehead atoms. The third-order valence-corrected chi connectivity index (χ3v) is 3.33. The Kier molecular flexibility index (Phi) is 2.41. The van der Waals surface area contributed by atoms with E-state index in [4.69, 9.17) is 5.11 Å². The molecule has 0 fully saturated rings. The van der Waals surface area contributed by atoms with Gasteiger partial charge in [0.25, 0.3) is 0 Å². The van der Waals surface area contributed by atoms with Gasteiger partial charge in [0.1, 0.15) is 0 Å². The van der Waals surface area contributed by atoms with Gasteiger partial charge in [0.2, 0.25) is 0 Å². The van der Waals surface area contributed by atoms with Crippen LogP contribution in [0.25, 0.3) is 0 Å². The van der Waals surface area contributed by atoms with Gasteiger partial charge < -0.3 is 5.11 Å². The molecular formula is C8H8BrNOS. The second-order valence-electron chi connectivity index (χ2n) is 2.64. The fourth-order valence-corrected chi connectivity index (χ4v) is 2.52. The molecule has 1 aromatic carbocycles. The maximum atomic E-state index is 9.01. The van der Waals surface area contributed by atoms with Crippen molar-refractivity contribution in [3.05, 3.63) is 28.2 Å². The van der Waals surface area contributed by atoms with Crippen LogP contribution in [0.4, 0.5) is 0 Å². The molecule has 1 aromatic rings. The van der Waals surface area contributed by atoms with Crippen LogP contribution in [-0.2, 0) is 0 Å². The minimum absolute atomic E-state index is 0.0856. The van der Waals surface area contributed by atoms with E-state index in [1.54, 1.807) is 11.9 Å². The third-order valence-electron chi connectivity index (χ3n) is 1.84. The molecular weight excluding hydrogens is 238 g/mol. The van der Waals surface area contributed by atoms with Crippen LogP contribution in [-0.4, -0.2) is 11.7 Å². The van der Waals surface area contributed by atoms with Gasteiger partial charge in [-0.25, -0.2) is 4.72 Å². The summed E-state index contributed by atoms with van der Waals surface area (Å²) in [7, 11) is 0. The van der Waals surface area contributed by atoms with Crippen LogP contribution in [0, 0.1) is 0 Å². The van der Waals surface area contributed by atoms with Crippen molar-refractivity contribution in [1.82, 2.24) is 4.72 Å². The molecule has 1 unspecified atom stereocenters. The molecule has 0 aromatic heterocycles. The number of aliphatic hydroxyl groups is 1. The maximum Gasteiger partial charge on any atom is 0.0667 e. The molecule has 1 atom stereocenters. The van der Waals surface area contributed by atoms with Crippen molar-refractivity contribution in [2.45, 2.75) is 10.9 Å². The monoisotopic (exact) mass is 245 g/mol. The summed E-state index contributed by atoms with van der Waals surface area (Å²) in [6.45, 7) is 0.149. The van der Waals surface area contributed by atoms with Crippen molar-refractivity contribution < 1.29 is 5.11 Å². The number of nitrogens with one attached hydrogen (secondary N) is 1. The van der Waals surface area contributed by atoms with Crippen molar-refractivity contribution in [3.63, 3.8) is 0 Å². The molecule has 0 spiro atoms. The summed E-state index contributed by atoms with van der Waals surface area (Å²) in [6.07, 6.45) is 0. The summed E-state index contributed by atoms with van der Waals surface area (Å²) in [5.74, 6) is 0. The summed E-state index contributed by atoms with van der Waals surface area (Å²) in [6, 6.07) is 6.19. The molecule has 0 saturated heterocycles. The van der Waals surface area contributed by atoms with Crippen molar-refractivity contribution in [2.24, 2.45) is 0 Å². The summed E-state index contributed by atoms with van der Waals surface area (Å²) in [5, 5.41) is 9.01. The zero-order valence-electron chi connectivity index (χ0n) is 6.25. The van der Waals surface area contributed by atoms with Gasteiger partial charge in [-0.05, 0) is 35.7 Å². The Morgan fingerprint density at radius 2 is 2.42 bits per heavy atom. The highest BCUT2D eigenvalue weighted by Gasteiger charge is 2.21. The predicted octanol–water partition coefficient (Wildman–Crippen LogP) is 2.09. The first-order chi connectivity index (χ1) is 5.81. The lowest BCUT2D eigenvalue weighted by molar-refractivity contribution is 0.262. The molecule has 4 heteroatoms. The predicted molar refractivity (Wildman–Crippen MR) is 53.0 cm³/mol. The zero-order chi connectivity index (χ0) is 8.55. The van der Waals surface area contributed by atoms with Crippen LogP contribution in [0.1, 0.15) is 11.6 Å². The Bertz CT molecular complexity index is 305. The molecule has 0 amide bonds. The fraction of sp³-hybridized carbons (Fsp3) is 0.250. The molecule has 0 radical (unpaired) electrons. The number of halogens is 1. The van der Waals surface area contributed by atoms with Gasteiger partial charge in [-0.15, -0.1) is 0 Å². The molecule has 0 aliphatic carbocycles. The minimum Gasteiger partial charge on any atom is -0.394 e. The van der Waals surface area contributed by atoms with Gasteiger partial charge in [-0.1, -0.05) is 15.9 Å². The average Bonchev–Trinajstić information content (AvgIpc) is 2.46. The van der Waals surface area contributed by atoms with Crippen LogP contribution in [0.3, 0.4) is 0 Å². The van der Waals surface area contributed by atoms with E-state index in [9.17, 15) is 0 Å². The van der Waals surface area contributed by atoms with Crippen LogP contribution in [0.2, 0.25) is 0 Å². The van der Waals surface area contributed by atoms with E-state index in [2.05, 4.69) is 20.7 Å². The van der Waals surface area contributed by atoms with Crippen LogP contribution in [0.5, 0.6) is 0 Å². The molecule has 0 saturated carbocycles. The van der Waals surface area contributed by atoms with E-state index >= 15 is 0 Å². The van der Waals surface area contributed by atoms with E-state index in [1.165, 1.54) is 10.5 Å². The van der Waals surface area contributed by atoms with Crippen molar-refractivity contribution in [1.29, 1.82) is 0 Å². The van der Waals surface area contributed by atoms with Crippen molar-refractivity contribution >= 4 is 27.9 Å². The molecule has 2 N–H and O–H groups in total. The Morgan fingerprint density at radius 1 is 1.58 bits per heavy atom. The summed E-state index contributed by atoms with van der Waals surface area (Å²) in [4.78, 5) is 1.21. The van der Waals surface area contributed by atoms with Crippen molar-refractivity contribution in [2.75, 3.05) is 6.61 Å². The quantitative estimate of drug-likeness (QED) is 0.744. The molecule has 1 heterocycles. The second-order valence-corrected chi connectivity index (χ2v) is 4.43. The molecule has 1 aliphatic rings. The van der Waals surface area contributed by atoms with Gasteiger partial charge in [-0.2, -0.15) is 0 Å². The van der Waals surface area contributed by atoms with Gasteiger partial charge in [0, 0.05) is 9.37 Å². The third kappa shape index (κ3) is 1.40. The molecule has 64 valence electrons. The van der Waals surface area contributed by atoms with Gasteiger partial charge in [-0.3, -0.25) is 0 Å². The molecule has 2 rings (SSSR count). The largest absolute Gasteiger partial charge is 0.394 e. The first kappa shape index (κ1) is 8.56. The topological polar surface area (TPSA) is 32.3 Å². The first-order valence-corrected chi connectivity index (χ1v) is 5.25. The van der Waals surface area contributed by atoms with Crippen LogP contribution >= 0.6 is 27.9 Å². The minimum atomic E-state index is 0.0856. The summed E-state index contributed by atoms with van der Waals surface area (Å²) >= 11 is 4.98. The number of benzene rings is 1. The molecule has 1 aliphatic heterocycles. The number of rotatable bonds is 1. The van der Waals surface area contributed by atoms with Gasteiger partial charge >= 0.3 is 0 Å². The van der Waals surface area contributed by atoms with Crippen LogP contribution < -0.4 is 4.72 Å². The number of hydrogen-bond donors (Lipinski definition) is 2. The molecule has 2 nitrogen and oxygen atoms in total. The van der Waals surface area contributed by atoms with Gasteiger partial charge in [0.05, 0.1) is 12.6 Å². The van der Waals surface area contributed by atoms with Crippen LogP contribution in [0.15, 0.2) is 27.6 Å². The zero-order valence-corrected chi connectivity index (χ0v) is 8.65. The average molecular weight is 246 g/mol. The summed E-state index contributed by atoms with van der Waals surface area (Å²) < 4.78 is 4.20. The lowest BCUT2D eigenvalue weighted by Gasteiger charge is -2.05. The van der Waals surface area contributed by atoms with Crippen molar-refractivity contribution in [3.8, 4) is 0 Å². The molecule has 12 heavy (non-hydrogen) atoms. The lowest BCUT2D eigenvalue weighted by atomic mass is 10.1. The Morgan fingerprint density at radius 3 is 3.17 bits per heavy atom. The number of aliphatic hydroxyl groups excluding tert-OH is 1. The van der Waals surface area contributed by atoms with E-state index in [-0.39, 0.29) is 12.6 Å². The number of fused-ring (bicyclic) bond motifs is 1. The highest BCUT2D eigenvalue weighted by atomic mass is 79.9. The van der Waals surface area contributed by atoms with E-state index in [0.717, 1.165) is 4.47 Å².